The van der Waals surface area contributed by atoms with E-state index in [0.717, 1.165) is 11.1 Å². The predicted octanol–water partition coefficient (Wildman–Crippen LogP) is 2.81. The molecule has 1 unspecified atom stereocenters. The molecule has 3 saturated heterocycles. The van der Waals surface area contributed by atoms with E-state index in [4.69, 9.17) is 47.4 Å². The first-order chi connectivity index (χ1) is 22.0. The van der Waals surface area contributed by atoms with Crippen LogP contribution in [-0.4, -0.2) is 93.0 Å². The first-order valence-corrected chi connectivity index (χ1v) is 15.5. The zero-order valence-corrected chi connectivity index (χ0v) is 26.6. The maximum Gasteiger partial charge on any atom is 0.310 e. The molecule has 13 heteroatoms. The van der Waals surface area contributed by atoms with Crippen LogP contribution in [0.15, 0.2) is 24.3 Å². The highest BCUT2D eigenvalue weighted by atomic mass is 16.8. The van der Waals surface area contributed by atoms with Gasteiger partial charge in [-0.1, -0.05) is 0 Å². The first-order valence-electron chi connectivity index (χ1n) is 15.5. The van der Waals surface area contributed by atoms with E-state index >= 15 is 0 Å². The minimum Gasteiger partial charge on any atom is -0.493 e. The van der Waals surface area contributed by atoms with Gasteiger partial charge in [-0.25, -0.2) is 0 Å². The number of hydrogen-bond donors (Lipinski definition) is 2. The second-order valence-electron chi connectivity index (χ2n) is 13.2. The maximum absolute atomic E-state index is 13.6. The summed E-state index contributed by atoms with van der Waals surface area (Å²) in [6, 6.07) is 7.39. The number of aliphatic hydroxyl groups is 2. The second kappa shape index (κ2) is 11.7. The molecule has 2 N–H and O–H groups in total. The molecular weight excluding hydrogens is 604 g/mol. The van der Waals surface area contributed by atoms with Crippen molar-refractivity contribution in [3.63, 3.8) is 0 Å². The summed E-state index contributed by atoms with van der Waals surface area (Å²) in [6.45, 7) is 7.77. The van der Waals surface area contributed by atoms with Crippen molar-refractivity contribution in [2.24, 2.45) is 11.8 Å². The third-order valence-corrected chi connectivity index (χ3v) is 9.13. The van der Waals surface area contributed by atoms with Crippen LogP contribution < -0.4 is 23.7 Å². The summed E-state index contributed by atoms with van der Waals surface area (Å²) >= 11 is 0. The third kappa shape index (κ3) is 5.32. The number of aliphatic hydroxyl groups excluding tert-OH is 2. The van der Waals surface area contributed by atoms with Gasteiger partial charge >= 0.3 is 5.97 Å². The van der Waals surface area contributed by atoms with Gasteiger partial charge in [-0.05, 0) is 68.7 Å². The molecule has 0 spiro atoms. The number of esters is 1. The summed E-state index contributed by atoms with van der Waals surface area (Å²) in [4.78, 5) is 13.6. The van der Waals surface area contributed by atoms with Crippen LogP contribution in [0.1, 0.15) is 56.4 Å². The second-order valence-corrected chi connectivity index (χ2v) is 13.2. The molecule has 46 heavy (non-hydrogen) atoms. The van der Waals surface area contributed by atoms with Crippen LogP contribution in [0, 0.1) is 11.8 Å². The molecule has 0 aromatic heterocycles. The summed E-state index contributed by atoms with van der Waals surface area (Å²) in [6.07, 6.45) is -6.74. The summed E-state index contributed by atoms with van der Waals surface area (Å²) in [7, 11) is 3.10. The zero-order valence-electron chi connectivity index (χ0n) is 26.6. The molecule has 4 aliphatic heterocycles. The number of benzene rings is 2. The van der Waals surface area contributed by atoms with E-state index in [1.165, 1.54) is 0 Å². The standard InChI is InChI=1S/C33H40O13/c1-14-39-12-23-30(43-14)26(34)27(35)32(44-23)45-28-17-10-20-19(41-13-42-20)9-16(17)24(25-18(28)11-40-31(25)36)15-7-21(37-5)29(22(8-15)38-6)46-33(2,3)4/h7-10,14,18,23-28,30,32,34-35H,11-13H2,1-6H3/t14-,18+,23-,24-,25+,26-,27-,28-,30-,32?/m1/s1. The van der Waals surface area contributed by atoms with Crippen molar-refractivity contribution in [3.05, 3.63) is 41.0 Å². The number of rotatable bonds is 6. The molecule has 2 aromatic carbocycles. The quantitative estimate of drug-likeness (QED) is 0.444. The molecule has 0 radical (unpaired) electrons. The van der Waals surface area contributed by atoms with Gasteiger partial charge in [-0.15, -0.1) is 0 Å². The Hall–Kier alpha value is -3.33. The first kappa shape index (κ1) is 31.3. The van der Waals surface area contributed by atoms with Gasteiger partial charge in [0.1, 0.15) is 30.0 Å². The highest BCUT2D eigenvalue weighted by molar-refractivity contribution is 5.79. The topological polar surface area (TPSA) is 150 Å². The lowest BCUT2D eigenvalue weighted by atomic mass is 9.66. The number of carbonyl (C=O) groups is 1. The molecule has 0 amide bonds. The largest absolute Gasteiger partial charge is 0.493 e. The highest BCUT2D eigenvalue weighted by Crippen LogP contribution is 2.57. The molecule has 0 bridgehead atoms. The van der Waals surface area contributed by atoms with Crippen LogP contribution in [-0.2, 0) is 28.5 Å². The Morgan fingerprint density at radius 1 is 0.870 bits per heavy atom. The Morgan fingerprint density at radius 2 is 1.54 bits per heavy atom. The average molecular weight is 645 g/mol. The number of cyclic esters (lactones) is 1. The van der Waals surface area contributed by atoms with Crippen molar-refractivity contribution in [1.82, 2.24) is 0 Å². The van der Waals surface area contributed by atoms with Gasteiger partial charge < -0.3 is 57.6 Å². The lowest BCUT2D eigenvalue weighted by Gasteiger charge is -2.47. The van der Waals surface area contributed by atoms with Gasteiger partial charge in [0.25, 0.3) is 0 Å². The summed E-state index contributed by atoms with van der Waals surface area (Å²) in [5.74, 6) is 0.282. The molecule has 13 nitrogen and oxygen atoms in total. The summed E-state index contributed by atoms with van der Waals surface area (Å²) in [5, 5.41) is 22.1. The van der Waals surface area contributed by atoms with E-state index in [1.807, 2.05) is 45.0 Å². The molecular formula is C33H40O13. The van der Waals surface area contributed by atoms with Crippen molar-refractivity contribution < 1.29 is 62.4 Å². The van der Waals surface area contributed by atoms with Crippen LogP contribution in [0.5, 0.6) is 28.7 Å². The molecule has 10 atom stereocenters. The van der Waals surface area contributed by atoms with Gasteiger partial charge in [0.05, 0.1) is 39.5 Å². The number of methoxy groups -OCH3 is 2. The molecule has 5 aliphatic rings. The molecule has 0 saturated carbocycles. The average Bonchev–Trinajstić information content (AvgIpc) is 3.64. The Kier molecular flexibility index (Phi) is 7.97. The smallest absolute Gasteiger partial charge is 0.310 e. The van der Waals surface area contributed by atoms with E-state index in [0.29, 0.717) is 34.3 Å². The van der Waals surface area contributed by atoms with Crippen LogP contribution in [0.2, 0.25) is 0 Å². The number of ether oxygens (including phenoxy) is 10. The van der Waals surface area contributed by atoms with Gasteiger partial charge in [0, 0.05) is 11.8 Å². The Bertz CT molecular complexity index is 1460. The monoisotopic (exact) mass is 644 g/mol. The van der Waals surface area contributed by atoms with E-state index < -0.39 is 72.4 Å². The number of carbonyl (C=O) groups excluding carboxylic acids is 1. The fraction of sp³-hybridized carbons (Fsp3) is 0.606. The highest BCUT2D eigenvalue weighted by Gasteiger charge is 2.56. The molecule has 3 fully saturated rings. The Balaban J connectivity index is 1.32. The van der Waals surface area contributed by atoms with E-state index in [2.05, 4.69) is 0 Å². The van der Waals surface area contributed by atoms with Crippen molar-refractivity contribution in [2.45, 2.75) is 82.3 Å². The van der Waals surface area contributed by atoms with E-state index in [-0.39, 0.29) is 20.0 Å². The van der Waals surface area contributed by atoms with Crippen molar-refractivity contribution in [1.29, 1.82) is 0 Å². The van der Waals surface area contributed by atoms with Gasteiger partial charge in [-0.2, -0.15) is 0 Å². The van der Waals surface area contributed by atoms with Crippen LogP contribution in [0.3, 0.4) is 0 Å². The molecule has 4 heterocycles. The molecule has 250 valence electrons. The normalized spacial score (nSPS) is 34.7. The lowest BCUT2D eigenvalue weighted by molar-refractivity contribution is -0.364. The molecule has 7 rings (SSSR count). The predicted molar refractivity (Wildman–Crippen MR) is 157 cm³/mol. The number of fused-ring (bicyclic) bond motifs is 4. The zero-order chi connectivity index (χ0) is 32.5. The van der Waals surface area contributed by atoms with Gasteiger partial charge in [0.15, 0.2) is 35.6 Å². The van der Waals surface area contributed by atoms with Crippen molar-refractivity contribution in [3.8, 4) is 28.7 Å². The SMILES string of the molecule is COc1cc([C@@H]2c3cc4c(cc3[C@@H](OC3O[C@@H]5CO[C@@H](C)O[C@H]5[C@H](O)[C@H]3O)[C@H]3COC(=O)[C@H]23)OCO4)cc(OC)c1OC(C)(C)C. The van der Waals surface area contributed by atoms with Crippen LogP contribution >= 0.6 is 0 Å². The van der Waals surface area contributed by atoms with E-state index in [9.17, 15) is 15.0 Å². The maximum atomic E-state index is 13.6. The number of hydrogen-bond acceptors (Lipinski definition) is 13. The van der Waals surface area contributed by atoms with Gasteiger partial charge in [-0.3, -0.25) is 4.79 Å². The Labute approximate surface area is 266 Å². The van der Waals surface area contributed by atoms with Crippen LogP contribution in [0.25, 0.3) is 0 Å². The summed E-state index contributed by atoms with van der Waals surface area (Å²) < 4.78 is 58.9. The van der Waals surface area contributed by atoms with Gasteiger partial charge in [0.2, 0.25) is 12.5 Å². The third-order valence-electron chi connectivity index (χ3n) is 9.13. The minimum absolute atomic E-state index is 0.0436. The lowest BCUT2D eigenvalue weighted by Crippen LogP contribution is -2.63. The van der Waals surface area contributed by atoms with E-state index in [1.54, 1.807) is 21.1 Å². The fourth-order valence-electron chi connectivity index (χ4n) is 7.13. The van der Waals surface area contributed by atoms with Crippen LogP contribution in [0.4, 0.5) is 0 Å². The summed E-state index contributed by atoms with van der Waals surface area (Å²) in [5.41, 5.74) is 1.65. The Morgan fingerprint density at radius 3 is 2.20 bits per heavy atom. The van der Waals surface area contributed by atoms with Crippen molar-refractivity contribution >= 4 is 5.97 Å². The molecule has 1 aliphatic carbocycles. The van der Waals surface area contributed by atoms with Crippen molar-refractivity contribution in [2.75, 3.05) is 34.2 Å². The fourth-order valence-corrected chi connectivity index (χ4v) is 7.13. The minimum atomic E-state index is -1.43. The molecule has 2 aromatic rings.